The number of halogens is 1. The van der Waals surface area contributed by atoms with Crippen LogP contribution in [0.25, 0.3) is 0 Å². The van der Waals surface area contributed by atoms with Gasteiger partial charge in [0.15, 0.2) is 0 Å². The van der Waals surface area contributed by atoms with Crippen LogP contribution in [0.3, 0.4) is 0 Å². The van der Waals surface area contributed by atoms with E-state index in [0.717, 1.165) is 25.6 Å². The maximum absolute atomic E-state index is 12.9. The number of benzene rings is 1. The molecule has 1 aliphatic rings. The monoisotopic (exact) mass is 264 g/mol. The number of hydrogen-bond donors (Lipinski definition) is 1. The second-order valence-corrected chi connectivity index (χ2v) is 6.14. The van der Waals surface area contributed by atoms with Gasteiger partial charge in [0, 0.05) is 31.7 Å². The average molecular weight is 264 g/mol. The minimum Gasteiger partial charge on any atom is -0.311 e. The van der Waals surface area contributed by atoms with Crippen molar-refractivity contribution in [1.82, 2.24) is 10.2 Å². The Bertz CT molecular complexity index is 388. The third-order valence-electron chi connectivity index (χ3n) is 3.84. The molecule has 2 nitrogen and oxygen atoms in total. The number of hydrogen-bond acceptors (Lipinski definition) is 2. The molecule has 1 N–H and O–H groups in total. The molecule has 2 rings (SSSR count). The zero-order chi connectivity index (χ0) is 13.8. The smallest absolute Gasteiger partial charge is 0.123 e. The minimum absolute atomic E-state index is 0.158. The van der Waals surface area contributed by atoms with E-state index < -0.39 is 0 Å². The first-order valence-corrected chi connectivity index (χ1v) is 7.26. The SMILES string of the molecule is CC(C)CC1CN(Cc2ccc(F)cc2)C(C)CN1. The molecule has 106 valence electrons. The van der Waals surface area contributed by atoms with Crippen LogP contribution in [0.1, 0.15) is 32.8 Å². The van der Waals surface area contributed by atoms with Crippen molar-refractivity contribution in [2.75, 3.05) is 13.1 Å². The van der Waals surface area contributed by atoms with E-state index in [1.807, 2.05) is 12.1 Å². The molecule has 0 spiro atoms. The Morgan fingerprint density at radius 1 is 1.32 bits per heavy atom. The molecule has 3 heteroatoms. The summed E-state index contributed by atoms with van der Waals surface area (Å²) in [6.07, 6.45) is 1.21. The van der Waals surface area contributed by atoms with Gasteiger partial charge in [-0.15, -0.1) is 0 Å². The lowest BCUT2D eigenvalue weighted by atomic mass is 9.99. The van der Waals surface area contributed by atoms with E-state index in [2.05, 4.69) is 31.0 Å². The quantitative estimate of drug-likeness (QED) is 0.899. The zero-order valence-electron chi connectivity index (χ0n) is 12.2. The Kier molecular flexibility index (Phi) is 4.94. The van der Waals surface area contributed by atoms with Crippen LogP contribution in [0.2, 0.25) is 0 Å². The molecule has 0 amide bonds. The van der Waals surface area contributed by atoms with E-state index in [1.165, 1.54) is 12.0 Å². The van der Waals surface area contributed by atoms with Crippen molar-refractivity contribution < 1.29 is 4.39 Å². The van der Waals surface area contributed by atoms with E-state index in [-0.39, 0.29) is 5.82 Å². The predicted molar refractivity (Wildman–Crippen MR) is 77.5 cm³/mol. The van der Waals surface area contributed by atoms with Gasteiger partial charge in [-0.2, -0.15) is 0 Å². The van der Waals surface area contributed by atoms with E-state index in [9.17, 15) is 4.39 Å². The van der Waals surface area contributed by atoms with Gasteiger partial charge in [0.2, 0.25) is 0 Å². The van der Waals surface area contributed by atoms with Crippen molar-refractivity contribution in [2.24, 2.45) is 5.92 Å². The summed E-state index contributed by atoms with van der Waals surface area (Å²) >= 11 is 0. The van der Waals surface area contributed by atoms with Gasteiger partial charge < -0.3 is 5.32 Å². The van der Waals surface area contributed by atoms with Gasteiger partial charge in [-0.3, -0.25) is 4.90 Å². The predicted octanol–water partition coefficient (Wildman–Crippen LogP) is 3.03. The van der Waals surface area contributed by atoms with Gasteiger partial charge in [0.05, 0.1) is 0 Å². The molecule has 1 aliphatic heterocycles. The fourth-order valence-electron chi connectivity index (χ4n) is 2.77. The van der Waals surface area contributed by atoms with Gasteiger partial charge in [-0.05, 0) is 37.0 Å². The van der Waals surface area contributed by atoms with Crippen molar-refractivity contribution in [3.63, 3.8) is 0 Å². The highest BCUT2D eigenvalue weighted by Crippen LogP contribution is 2.16. The van der Waals surface area contributed by atoms with E-state index in [4.69, 9.17) is 0 Å². The van der Waals surface area contributed by atoms with Crippen LogP contribution in [0.4, 0.5) is 4.39 Å². The lowest BCUT2D eigenvalue weighted by molar-refractivity contribution is 0.125. The van der Waals surface area contributed by atoms with Crippen molar-refractivity contribution in [3.8, 4) is 0 Å². The summed E-state index contributed by atoms with van der Waals surface area (Å²) in [5.74, 6) is 0.563. The van der Waals surface area contributed by atoms with Crippen LogP contribution in [0.15, 0.2) is 24.3 Å². The Morgan fingerprint density at radius 3 is 2.63 bits per heavy atom. The highest BCUT2D eigenvalue weighted by molar-refractivity contribution is 5.16. The van der Waals surface area contributed by atoms with E-state index in [0.29, 0.717) is 12.1 Å². The van der Waals surface area contributed by atoms with Gasteiger partial charge in [-0.25, -0.2) is 4.39 Å². The number of nitrogens with zero attached hydrogens (tertiary/aromatic N) is 1. The van der Waals surface area contributed by atoms with Crippen LogP contribution in [0.5, 0.6) is 0 Å². The molecule has 2 unspecified atom stereocenters. The lowest BCUT2D eigenvalue weighted by Crippen LogP contribution is -2.55. The third-order valence-corrected chi connectivity index (χ3v) is 3.84. The average Bonchev–Trinajstić information content (AvgIpc) is 2.35. The Balaban J connectivity index is 1.95. The maximum Gasteiger partial charge on any atom is 0.123 e. The Hall–Kier alpha value is -0.930. The maximum atomic E-state index is 12.9. The standard InChI is InChI=1S/C16H25FN2/c1-12(2)8-16-11-19(13(3)9-18-16)10-14-4-6-15(17)7-5-14/h4-7,12-13,16,18H,8-11H2,1-3H3. The molecule has 1 heterocycles. The summed E-state index contributed by atoms with van der Waals surface area (Å²) in [5.41, 5.74) is 1.19. The molecule has 2 atom stereocenters. The molecule has 1 fully saturated rings. The highest BCUT2D eigenvalue weighted by Gasteiger charge is 2.25. The van der Waals surface area contributed by atoms with Crippen LogP contribution in [-0.4, -0.2) is 30.1 Å². The molecule has 0 saturated carbocycles. The van der Waals surface area contributed by atoms with E-state index >= 15 is 0 Å². The van der Waals surface area contributed by atoms with Crippen molar-refractivity contribution in [3.05, 3.63) is 35.6 Å². The second-order valence-electron chi connectivity index (χ2n) is 6.14. The first-order chi connectivity index (χ1) is 9.04. The summed E-state index contributed by atoms with van der Waals surface area (Å²) in [6, 6.07) is 8.00. The highest BCUT2D eigenvalue weighted by atomic mass is 19.1. The van der Waals surface area contributed by atoms with Crippen LogP contribution >= 0.6 is 0 Å². The molecule has 0 bridgehead atoms. The van der Waals surface area contributed by atoms with Crippen molar-refractivity contribution >= 4 is 0 Å². The van der Waals surface area contributed by atoms with Crippen molar-refractivity contribution in [2.45, 2.75) is 45.8 Å². The lowest BCUT2D eigenvalue weighted by Gasteiger charge is -2.39. The summed E-state index contributed by atoms with van der Waals surface area (Å²) in [6.45, 7) is 9.82. The molecule has 19 heavy (non-hydrogen) atoms. The molecule has 1 aromatic carbocycles. The fourth-order valence-corrected chi connectivity index (χ4v) is 2.77. The molecule has 0 aromatic heterocycles. The Morgan fingerprint density at radius 2 is 2.00 bits per heavy atom. The fraction of sp³-hybridized carbons (Fsp3) is 0.625. The summed E-state index contributed by atoms with van der Waals surface area (Å²) in [7, 11) is 0. The first kappa shape index (κ1) is 14.5. The van der Waals surface area contributed by atoms with Gasteiger partial charge in [-0.1, -0.05) is 26.0 Å². The zero-order valence-corrected chi connectivity index (χ0v) is 12.2. The number of nitrogens with one attached hydrogen (secondary N) is 1. The van der Waals surface area contributed by atoms with E-state index in [1.54, 1.807) is 12.1 Å². The first-order valence-electron chi connectivity index (χ1n) is 7.26. The summed E-state index contributed by atoms with van der Waals surface area (Å²) < 4.78 is 12.9. The summed E-state index contributed by atoms with van der Waals surface area (Å²) in [4.78, 5) is 2.50. The van der Waals surface area contributed by atoms with Gasteiger partial charge >= 0.3 is 0 Å². The largest absolute Gasteiger partial charge is 0.311 e. The normalized spacial score (nSPS) is 24.9. The minimum atomic E-state index is -0.158. The Labute approximate surface area is 116 Å². The molecule has 1 aromatic rings. The molecule has 0 radical (unpaired) electrons. The van der Waals surface area contributed by atoms with Gasteiger partial charge in [0.25, 0.3) is 0 Å². The summed E-state index contributed by atoms with van der Waals surface area (Å²) in [5, 5.41) is 3.62. The molecular formula is C16H25FN2. The third kappa shape index (κ3) is 4.29. The number of piperazine rings is 1. The van der Waals surface area contributed by atoms with Gasteiger partial charge in [0.1, 0.15) is 5.82 Å². The molecule has 1 saturated heterocycles. The topological polar surface area (TPSA) is 15.3 Å². The van der Waals surface area contributed by atoms with Crippen LogP contribution in [-0.2, 0) is 6.54 Å². The number of rotatable bonds is 4. The van der Waals surface area contributed by atoms with Crippen LogP contribution in [0, 0.1) is 11.7 Å². The molecular weight excluding hydrogens is 239 g/mol. The van der Waals surface area contributed by atoms with Crippen molar-refractivity contribution in [1.29, 1.82) is 0 Å². The second kappa shape index (κ2) is 6.49. The van der Waals surface area contributed by atoms with Crippen LogP contribution < -0.4 is 5.32 Å². The molecule has 0 aliphatic carbocycles.